The minimum absolute atomic E-state index is 0.322. The van der Waals surface area contributed by atoms with Crippen LogP contribution in [0.4, 0.5) is 0 Å². The normalized spacial score (nSPS) is 15.1. The number of rotatable bonds is 3. The van der Waals surface area contributed by atoms with Gasteiger partial charge >= 0.3 is 76.6 Å². The molecule has 0 rings (SSSR count). The van der Waals surface area contributed by atoms with Gasteiger partial charge in [0.05, 0.1) is 0 Å². The first-order valence-electron chi connectivity index (χ1n) is 2.65. The van der Waals surface area contributed by atoms with Crippen molar-refractivity contribution in [3.05, 3.63) is 0 Å². The van der Waals surface area contributed by atoms with Crippen molar-refractivity contribution < 1.29 is 21.5 Å². The molecule has 0 aromatic rings. The monoisotopic (exact) mass is 340 g/mol. The van der Waals surface area contributed by atoms with E-state index in [0.717, 1.165) is 1.93 Å². The first-order valence-corrected chi connectivity index (χ1v) is 6.11. The van der Waals surface area contributed by atoms with Crippen molar-refractivity contribution in [3.63, 3.8) is 0 Å². The maximum absolute atomic E-state index is 2.49. The Balaban J connectivity index is 3.10. The second-order valence-corrected chi connectivity index (χ2v) is 9.86. The average molecular weight is 340 g/mol. The van der Waals surface area contributed by atoms with E-state index in [-0.39, 0.29) is 0 Å². The van der Waals surface area contributed by atoms with Crippen LogP contribution in [0, 0.1) is 0 Å². The van der Waals surface area contributed by atoms with Crippen LogP contribution in [0.25, 0.3) is 0 Å². The Morgan fingerprint density at radius 1 is 1.75 bits per heavy atom. The molecule has 0 heterocycles. The fourth-order valence-corrected chi connectivity index (χ4v) is 4.41. The van der Waals surface area contributed by atoms with Crippen molar-refractivity contribution in [1.29, 1.82) is 0 Å². The molecule has 0 unspecified atom stereocenters. The molecular weight excluding hydrogens is 328 g/mol. The molecule has 8 heavy (non-hydrogen) atoms. The van der Waals surface area contributed by atoms with E-state index in [1.165, 1.54) is 6.54 Å². The third kappa shape index (κ3) is 5.55. The van der Waals surface area contributed by atoms with Gasteiger partial charge in [-0.15, -0.1) is 0 Å². The van der Waals surface area contributed by atoms with Gasteiger partial charge in [-0.2, -0.15) is 0 Å². The van der Waals surface area contributed by atoms with Crippen molar-refractivity contribution in [2.24, 2.45) is 0 Å². The summed E-state index contributed by atoms with van der Waals surface area (Å²) >= 11 is 2.81. The molecule has 1 nitrogen and oxygen atoms in total. The topological polar surface area (TPSA) is 3.24 Å². The van der Waals surface area contributed by atoms with Gasteiger partial charge < -0.3 is 0 Å². The molecule has 0 aromatic carbocycles. The summed E-state index contributed by atoms with van der Waals surface area (Å²) in [6, 6.07) is 0. The van der Waals surface area contributed by atoms with Crippen LogP contribution in [-0.2, 0) is 0 Å². The van der Waals surface area contributed by atoms with Crippen LogP contribution >= 0.6 is 22.6 Å². The molecule has 0 aliphatic rings. The Hall–Kier alpha value is 1.42. The third-order valence-corrected chi connectivity index (χ3v) is 4.55. The van der Waals surface area contributed by atoms with Crippen LogP contribution in [-0.4, -0.2) is 18.6 Å². The van der Waals surface area contributed by atoms with Crippen molar-refractivity contribution in [3.8, 4) is 0 Å². The molecule has 0 amide bonds. The number of alkyl halides is 2. The minimum atomic E-state index is 0.322. The van der Waals surface area contributed by atoms with Crippen LogP contribution in [0.3, 0.4) is 0 Å². The predicted octanol–water partition coefficient (Wildman–Crippen LogP) is -1.28. The first-order chi connectivity index (χ1) is 3.66. The van der Waals surface area contributed by atoms with Crippen molar-refractivity contribution >= 4 is 22.6 Å². The Bertz CT molecular complexity index is 56.4. The van der Waals surface area contributed by atoms with Gasteiger partial charge in [-0.25, -0.2) is 0 Å². The van der Waals surface area contributed by atoms with Crippen LogP contribution in [0.15, 0.2) is 0 Å². The van der Waals surface area contributed by atoms with E-state index in [2.05, 4.69) is 46.6 Å². The summed E-state index contributed by atoms with van der Waals surface area (Å²) in [6.07, 6.45) is 0. The Labute approximate surface area is 76.0 Å². The zero-order valence-corrected chi connectivity index (χ0v) is 9.80. The van der Waals surface area contributed by atoms with Gasteiger partial charge in [0.2, 0.25) is 0 Å². The quantitative estimate of drug-likeness (QED) is 0.352. The SMILES string of the molecule is CCN(C)[I-][C@@H](C)I. The molecule has 0 aliphatic heterocycles. The fourth-order valence-electron chi connectivity index (χ4n) is 0.299. The van der Waals surface area contributed by atoms with Gasteiger partial charge in [0.15, 0.2) is 0 Å². The van der Waals surface area contributed by atoms with Crippen LogP contribution in [0.1, 0.15) is 13.8 Å². The third-order valence-electron chi connectivity index (χ3n) is 0.737. The van der Waals surface area contributed by atoms with E-state index in [1.807, 2.05) is 0 Å². The Kier molecular flexibility index (Phi) is 6.15. The summed E-state index contributed by atoms with van der Waals surface area (Å²) in [5, 5.41) is 0. The Morgan fingerprint density at radius 2 is 2.25 bits per heavy atom. The van der Waals surface area contributed by atoms with Crippen molar-refractivity contribution in [2.75, 3.05) is 13.6 Å². The number of hydrogen-bond acceptors (Lipinski definition) is 1. The van der Waals surface area contributed by atoms with E-state index >= 15 is 0 Å². The molecule has 0 bridgehead atoms. The zero-order valence-electron chi connectivity index (χ0n) is 5.49. The standard InChI is InChI=1S/C5H12I2N/c1-4-8(3)7-5(2)6/h5H,4H2,1-3H3/q-1/t5-/m0/s1. The van der Waals surface area contributed by atoms with Crippen molar-refractivity contribution in [1.82, 2.24) is 3.11 Å². The predicted molar refractivity (Wildman–Crippen MR) is 41.8 cm³/mol. The molecule has 3 heteroatoms. The van der Waals surface area contributed by atoms with E-state index in [9.17, 15) is 0 Å². The maximum atomic E-state index is 2.49. The molecule has 0 saturated carbocycles. The molecule has 0 fully saturated rings. The summed E-state index contributed by atoms with van der Waals surface area (Å²) in [7, 11) is 2.20. The molecular formula is C5H12I2N-. The van der Waals surface area contributed by atoms with Crippen molar-refractivity contribution in [2.45, 2.75) is 15.8 Å². The second kappa shape index (κ2) is 5.22. The average Bonchev–Trinajstić information content (AvgIpc) is 1.65. The number of hydrogen-bond donors (Lipinski definition) is 0. The van der Waals surface area contributed by atoms with E-state index in [4.69, 9.17) is 0 Å². The molecule has 0 N–H and O–H groups in total. The van der Waals surface area contributed by atoms with Crippen LogP contribution in [0.5, 0.6) is 0 Å². The first kappa shape index (κ1) is 9.42. The summed E-state index contributed by atoms with van der Waals surface area (Å²) in [5.41, 5.74) is 0. The van der Waals surface area contributed by atoms with Gasteiger partial charge in [0.25, 0.3) is 0 Å². The molecule has 0 spiro atoms. The molecule has 0 aliphatic carbocycles. The zero-order chi connectivity index (χ0) is 6.57. The molecule has 0 saturated heterocycles. The van der Waals surface area contributed by atoms with E-state index in [0.29, 0.717) is 21.5 Å². The molecule has 1 atom stereocenters. The van der Waals surface area contributed by atoms with E-state index < -0.39 is 0 Å². The number of nitrogens with zero attached hydrogens (tertiary/aromatic N) is 1. The van der Waals surface area contributed by atoms with Crippen LogP contribution in [0.2, 0.25) is 0 Å². The van der Waals surface area contributed by atoms with Gasteiger partial charge in [-0.1, -0.05) is 0 Å². The Morgan fingerprint density at radius 3 is 2.38 bits per heavy atom. The summed E-state index contributed by atoms with van der Waals surface area (Å²) < 4.78 is 3.31. The molecule has 52 valence electrons. The van der Waals surface area contributed by atoms with Gasteiger partial charge in [-0.3, -0.25) is 0 Å². The molecule has 0 radical (unpaired) electrons. The summed E-state index contributed by atoms with van der Waals surface area (Å²) in [6.45, 7) is 5.69. The fraction of sp³-hybridized carbons (Fsp3) is 1.00. The van der Waals surface area contributed by atoms with Gasteiger partial charge in [0, 0.05) is 0 Å². The number of halogens is 2. The second-order valence-electron chi connectivity index (χ2n) is 1.54. The van der Waals surface area contributed by atoms with Crippen LogP contribution < -0.4 is 21.5 Å². The summed E-state index contributed by atoms with van der Waals surface area (Å²) in [5.74, 6) is 0. The molecule has 0 aromatic heterocycles. The van der Waals surface area contributed by atoms with Gasteiger partial charge in [0.1, 0.15) is 0 Å². The van der Waals surface area contributed by atoms with Gasteiger partial charge in [-0.05, 0) is 0 Å². The summed E-state index contributed by atoms with van der Waals surface area (Å²) in [4.78, 5) is 0. The van der Waals surface area contributed by atoms with E-state index in [1.54, 1.807) is 0 Å².